The molecular formula is C14H30N2O5. The normalized spacial score (nSPS) is 12.2. The van der Waals surface area contributed by atoms with Gasteiger partial charge in [-0.25, -0.2) is 4.79 Å². The van der Waals surface area contributed by atoms with Crippen molar-refractivity contribution >= 4 is 6.03 Å². The molecule has 126 valence electrons. The Morgan fingerprint density at radius 1 is 0.952 bits per heavy atom. The molecule has 2 amide bonds. The third-order valence-corrected chi connectivity index (χ3v) is 2.99. The number of urea groups is 1. The first-order chi connectivity index (χ1) is 10.2. The van der Waals surface area contributed by atoms with Gasteiger partial charge in [0.2, 0.25) is 0 Å². The summed E-state index contributed by atoms with van der Waals surface area (Å²) in [6, 6.07) is -0.170. The molecular weight excluding hydrogens is 276 g/mol. The minimum Gasteiger partial charge on any atom is -0.385 e. The molecule has 0 aliphatic rings. The van der Waals surface area contributed by atoms with Crippen LogP contribution in [0, 0.1) is 0 Å². The molecule has 0 rings (SSSR count). The summed E-state index contributed by atoms with van der Waals surface area (Å²) >= 11 is 0. The molecule has 0 fully saturated rings. The molecule has 0 saturated heterocycles. The molecule has 1 N–H and O–H groups in total. The molecule has 0 aromatic carbocycles. The molecule has 0 bridgehead atoms. The summed E-state index contributed by atoms with van der Waals surface area (Å²) in [5, 5.41) is 2.97. The lowest BCUT2D eigenvalue weighted by Gasteiger charge is -2.26. The summed E-state index contributed by atoms with van der Waals surface area (Å²) in [6.45, 7) is 3.36. The van der Waals surface area contributed by atoms with Gasteiger partial charge < -0.3 is 29.2 Å². The number of nitrogens with one attached hydrogen (secondary N) is 1. The van der Waals surface area contributed by atoms with Crippen LogP contribution in [-0.2, 0) is 18.9 Å². The number of nitrogens with zero attached hydrogens (tertiary/aromatic N) is 1. The molecule has 0 radical (unpaired) electrons. The molecule has 1 unspecified atom stereocenters. The highest BCUT2D eigenvalue weighted by Gasteiger charge is 2.17. The number of amides is 2. The molecule has 7 nitrogen and oxygen atoms in total. The topological polar surface area (TPSA) is 69.3 Å². The molecule has 0 aromatic heterocycles. The van der Waals surface area contributed by atoms with Gasteiger partial charge in [0.25, 0.3) is 0 Å². The van der Waals surface area contributed by atoms with Crippen molar-refractivity contribution in [2.75, 3.05) is 68.0 Å². The third-order valence-electron chi connectivity index (χ3n) is 2.99. The molecule has 0 spiro atoms. The van der Waals surface area contributed by atoms with Crippen LogP contribution in [0.2, 0.25) is 0 Å². The smallest absolute Gasteiger partial charge is 0.317 e. The Hall–Kier alpha value is -0.890. The highest BCUT2D eigenvalue weighted by atomic mass is 16.5. The second kappa shape index (κ2) is 14.1. The number of hydrogen-bond acceptors (Lipinski definition) is 5. The van der Waals surface area contributed by atoms with Crippen molar-refractivity contribution in [3.8, 4) is 0 Å². The molecule has 0 heterocycles. The first kappa shape index (κ1) is 20.1. The average Bonchev–Trinajstić information content (AvgIpc) is 2.48. The van der Waals surface area contributed by atoms with E-state index in [2.05, 4.69) is 5.32 Å². The van der Waals surface area contributed by atoms with Crippen LogP contribution in [0.25, 0.3) is 0 Å². The Kier molecular flexibility index (Phi) is 13.5. The van der Waals surface area contributed by atoms with E-state index in [0.717, 1.165) is 6.42 Å². The van der Waals surface area contributed by atoms with Gasteiger partial charge in [-0.15, -0.1) is 0 Å². The van der Waals surface area contributed by atoms with E-state index in [1.54, 1.807) is 33.3 Å². The van der Waals surface area contributed by atoms with E-state index in [4.69, 9.17) is 18.9 Å². The van der Waals surface area contributed by atoms with Gasteiger partial charge in [-0.05, 0) is 12.8 Å². The summed E-state index contributed by atoms with van der Waals surface area (Å²) in [7, 11) is 6.53. The maximum atomic E-state index is 12.3. The number of hydrogen-bond donors (Lipinski definition) is 1. The van der Waals surface area contributed by atoms with Crippen LogP contribution >= 0.6 is 0 Å². The van der Waals surface area contributed by atoms with Crippen molar-refractivity contribution < 1.29 is 23.7 Å². The highest BCUT2D eigenvalue weighted by molar-refractivity contribution is 5.74. The summed E-state index contributed by atoms with van der Waals surface area (Å²) in [4.78, 5) is 14.0. The van der Waals surface area contributed by atoms with Crippen molar-refractivity contribution in [1.82, 2.24) is 10.2 Å². The van der Waals surface area contributed by atoms with E-state index >= 15 is 0 Å². The summed E-state index contributed by atoms with van der Waals surface area (Å²) in [6.07, 6.45) is 1.51. The largest absolute Gasteiger partial charge is 0.385 e. The molecule has 0 aliphatic heterocycles. The minimum absolute atomic E-state index is 0.0603. The van der Waals surface area contributed by atoms with E-state index in [9.17, 15) is 4.79 Å². The lowest BCUT2D eigenvalue weighted by Crippen LogP contribution is -2.48. The Morgan fingerprint density at radius 2 is 1.62 bits per heavy atom. The van der Waals surface area contributed by atoms with Gasteiger partial charge in [0.1, 0.15) is 0 Å². The van der Waals surface area contributed by atoms with Crippen LogP contribution in [0.4, 0.5) is 4.79 Å². The minimum atomic E-state index is -0.110. The zero-order valence-corrected chi connectivity index (χ0v) is 13.7. The average molecular weight is 306 g/mol. The molecule has 0 aliphatic carbocycles. The third kappa shape index (κ3) is 10.5. The lowest BCUT2D eigenvalue weighted by atomic mass is 10.2. The molecule has 7 heteroatoms. The first-order valence-electron chi connectivity index (χ1n) is 7.20. The molecule has 0 aromatic rings. The van der Waals surface area contributed by atoms with Crippen LogP contribution in [0.1, 0.15) is 12.8 Å². The molecule has 0 saturated carbocycles. The van der Waals surface area contributed by atoms with Crippen LogP contribution in [-0.4, -0.2) is 84.9 Å². The number of methoxy groups -OCH3 is 4. The fourth-order valence-electron chi connectivity index (χ4n) is 1.84. The van der Waals surface area contributed by atoms with Crippen LogP contribution in [0.3, 0.4) is 0 Å². The van der Waals surface area contributed by atoms with E-state index < -0.39 is 0 Å². The lowest BCUT2D eigenvalue weighted by molar-refractivity contribution is 0.117. The highest BCUT2D eigenvalue weighted by Crippen LogP contribution is 1.99. The van der Waals surface area contributed by atoms with Crippen molar-refractivity contribution in [2.24, 2.45) is 0 Å². The van der Waals surface area contributed by atoms with E-state index in [1.807, 2.05) is 0 Å². The Labute approximate surface area is 127 Å². The van der Waals surface area contributed by atoms with Gasteiger partial charge in [0, 0.05) is 54.7 Å². The zero-order chi connectivity index (χ0) is 15.9. The molecule has 21 heavy (non-hydrogen) atoms. The van der Waals surface area contributed by atoms with Crippen molar-refractivity contribution in [1.29, 1.82) is 0 Å². The zero-order valence-electron chi connectivity index (χ0n) is 13.7. The number of carbonyl (C=O) groups is 1. The van der Waals surface area contributed by atoms with Crippen LogP contribution < -0.4 is 5.32 Å². The second-order valence-electron chi connectivity index (χ2n) is 4.71. The fourth-order valence-corrected chi connectivity index (χ4v) is 1.84. The summed E-state index contributed by atoms with van der Waals surface area (Å²) in [5.74, 6) is 0. The second-order valence-corrected chi connectivity index (χ2v) is 4.71. The van der Waals surface area contributed by atoms with Gasteiger partial charge >= 0.3 is 6.03 Å². The van der Waals surface area contributed by atoms with E-state index in [1.165, 1.54) is 0 Å². The van der Waals surface area contributed by atoms with E-state index in [0.29, 0.717) is 45.9 Å². The van der Waals surface area contributed by atoms with Crippen molar-refractivity contribution in [3.63, 3.8) is 0 Å². The maximum Gasteiger partial charge on any atom is 0.317 e. The standard InChI is InChI=1S/C14H30N2O5/c1-18-9-5-7-16(8-11-20-3)14(17)15-13(12-21-4)6-10-19-2/h13H,5-12H2,1-4H3,(H,15,17). The Bertz CT molecular complexity index is 254. The monoisotopic (exact) mass is 306 g/mol. The first-order valence-corrected chi connectivity index (χ1v) is 7.20. The number of carbonyl (C=O) groups excluding carboxylic acids is 1. The van der Waals surface area contributed by atoms with Crippen molar-refractivity contribution in [3.05, 3.63) is 0 Å². The SMILES string of the molecule is COCCCN(CCOC)C(=O)NC(CCOC)COC. The van der Waals surface area contributed by atoms with Gasteiger partial charge in [0.15, 0.2) is 0 Å². The predicted molar refractivity (Wildman–Crippen MR) is 80.6 cm³/mol. The van der Waals surface area contributed by atoms with Gasteiger partial charge in [-0.1, -0.05) is 0 Å². The quantitative estimate of drug-likeness (QED) is 0.508. The predicted octanol–water partition coefficient (Wildman–Crippen LogP) is 0.732. The Morgan fingerprint density at radius 3 is 2.19 bits per heavy atom. The molecule has 1 atom stereocenters. The summed E-state index contributed by atoms with van der Waals surface area (Å²) < 4.78 is 20.2. The maximum absolute atomic E-state index is 12.3. The van der Waals surface area contributed by atoms with Gasteiger partial charge in [0.05, 0.1) is 19.3 Å². The van der Waals surface area contributed by atoms with Crippen LogP contribution in [0.15, 0.2) is 0 Å². The van der Waals surface area contributed by atoms with Crippen molar-refractivity contribution in [2.45, 2.75) is 18.9 Å². The number of ether oxygens (including phenoxy) is 4. The fraction of sp³-hybridized carbons (Fsp3) is 0.929. The van der Waals surface area contributed by atoms with Gasteiger partial charge in [-0.3, -0.25) is 0 Å². The van der Waals surface area contributed by atoms with Crippen LogP contribution in [0.5, 0.6) is 0 Å². The van der Waals surface area contributed by atoms with Gasteiger partial charge in [-0.2, -0.15) is 0 Å². The van der Waals surface area contributed by atoms with E-state index in [-0.39, 0.29) is 12.1 Å². The summed E-state index contributed by atoms with van der Waals surface area (Å²) in [5.41, 5.74) is 0. The Balaban J connectivity index is 4.36. The number of rotatable bonds is 13.